The third-order valence-electron chi connectivity index (χ3n) is 4.70. The van der Waals surface area contributed by atoms with E-state index in [1.165, 1.54) is 16.4 Å². The highest BCUT2D eigenvalue weighted by Gasteiger charge is 2.31. The van der Waals surface area contributed by atoms with Gasteiger partial charge in [0, 0.05) is 18.8 Å². The van der Waals surface area contributed by atoms with Crippen molar-refractivity contribution in [1.29, 1.82) is 0 Å². The zero-order valence-corrected chi connectivity index (χ0v) is 15.5. The normalized spacial score (nSPS) is 18.3. The minimum Gasteiger partial charge on any atom is -0.481 e. The van der Waals surface area contributed by atoms with Crippen LogP contribution in [0.5, 0.6) is 0 Å². The summed E-state index contributed by atoms with van der Waals surface area (Å²) in [4.78, 5) is 11.0. The largest absolute Gasteiger partial charge is 0.481 e. The van der Waals surface area contributed by atoms with Crippen molar-refractivity contribution in [1.82, 2.24) is 4.31 Å². The number of carboxylic acids is 1. The van der Waals surface area contributed by atoms with E-state index in [-0.39, 0.29) is 23.8 Å². The molecule has 2 aromatic rings. The molecule has 1 aliphatic rings. The topological polar surface area (TPSA) is 101 Å². The first-order valence-electron chi connectivity index (χ1n) is 8.62. The van der Waals surface area contributed by atoms with Gasteiger partial charge in [-0.3, -0.25) is 4.79 Å². The summed E-state index contributed by atoms with van der Waals surface area (Å²) in [5, 5.41) is 9.00. The van der Waals surface area contributed by atoms with Crippen molar-refractivity contribution >= 4 is 21.7 Å². The molecule has 0 aliphatic carbocycles. The van der Waals surface area contributed by atoms with Gasteiger partial charge in [-0.05, 0) is 66.3 Å². The van der Waals surface area contributed by atoms with Crippen molar-refractivity contribution in [2.24, 2.45) is 0 Å². The van der Waals surface area contributed by atoms with E-state index in [1.807, 2.05) is 0 Å². The Kier molecular flexibility index (Phi) is 5.48. The second-order valence-corrected chi connectivity index (χ2v) is 8.67. The standard InChI is InChI=1S/C19H21FN2O4S/c20-16-3-5-18(6-4-16)27(25,26)22-7-1-2-14(12-22)15-8-13(10-19(23)24)9-17(21)11-15/h3-6,8-9,11,14H,1-2,7,10,12,21H2,(H,23,24). The van der Waals surface area contributed by atoms with Gasteiger partial charge < -0.3 is 10.8 Å². The maximum atomic E-state index is 13.1. The summed E-state index contributed by atoms with van der Waals surface area (Å²) in [5.41, 5.74) is 7.80. The number of hydrogen-bond donors (Lipinski definition) is 2. The van der Waals surface area contributed by atoms with Gasteiger partial charge in [-0.2, -0.15) is 4.31 Å². The second-order valence-electron chi connectivity index (χ2n) is 6.73. The van der Waals surface area contributed by atoms with E-state index in [2.05, 4.69) is 0 Å². The van der Waals surface area contributed by atoms with Gasteiger partial charge in [-0.15, -0.1) is 0 Å². The molecule has 1 aliphatic heterocycles. The Labute approximate surface area is 157 Å². The van der Waals surface area contributed by atoms with Crippen LogP contribution in [0.2, 0.25) is 0 Å². The predicted molar refractivity (Wildman–Crippen MR) is 99.3 cm³/mol. The number of piperidine rings is 1. The third-order valence-corrected chi connectivity index (χ3v) is 6.58. The maximum Gasteiger partial charge on any atom is 0.307 e. The van der Waals surface area contributed by atoms with Crippen molar-refractivity contribution in [2.75, 3.05) is 18.8 Å². The molecule has 8 heteroatoms. The molecular weight excluding hydrogens is 371 g/mol. The molecule has 3 N–H and O–H groups in total. The van der Waals surface area contributed by atoms with E-state index in [0.717, 1.165) is 24.1 Å². The van der Waals surface area contributed by atoms with Crippen molar-refractivity contribution < 1.29 is 22.7 Å². The molecular formula is C19H21FN2O4S. The first-order chi connectivity index (χ1) is 12.8. The number of carbonyl (C=O) groups is 1. The Morgan fingerprint density at radius 1 is 1.22 bits per heavy atom. The summed E-state index contributed by atoms with van der Waals surface area (Å²) in [6.45, 7) is 0.663. The number of aliphatic carboxylic acids is 1. The van der Waals surface area contributed by atoms with Crippen LogP contribution in [-0.4, -0.2) is 36.9 Å². The van der Waals surface area contributed by atoms with Crippen molar-refractivity contribution in [3.63, 3.8) is 0 Å². The SMILES string of the molecule is Nc1cc(CC(=O)O)cc(C2CCCN(S(=O)(=O)c3ccc(F)cc3)C2)c1. The summed E-state index contributed by atoms with van der Waals surface area (Å²) in [6, 6.07) is 9.95. The lowest BCUT2D eigenvalue weighted by atomic mass is 9.90. The first-order valence-corrected chi connectivity index (χ1v) is 10.1. The fourth-order valence-electron chi connectivity index (χ4n) is 3.45. The number of rotatable bonds is 5. The number of benzene rings is 2. The molecule has 1 fully saturated rings. The number of halogens is 1. The molecule has 0 spiro atoms. The number of nitrogens with zero attached hydrogens (tertiary/aromatic N) is 1. The lowest BCUT2D eigenvalue weighted by molar-refractivity contribution is -0.136. The van der Waals surface area contributed by atoms with E-state index in [4.69, 9.17) is 10.8 Å². The summed E-state index contributed by atoms with van der Waals surface area (Å²) in [6.07, 6.45) is 1.32. The fourth-order valence-corrected chi connectivity index (χ4v) is 4.97. The number of nitrogen functional groups attached to an aromatic ring is 1. The van der Waals surface area contributed by atoms with Gasteiger partial charge in [0.25, 0.3) is 0 Å². The Balaban J connectivity index is 1.85. The third kappa shape index (κ3) is 4.45. The summed E-state index contributed by atoms with van der Waals surface area (Å²) >= 11 is 0. The molecule has 1 heterocycles. The van der Waals surface area contributed by atoms with Gasteiger partial charge >= 0.3 is 5.97 Å². The number of sulfonamides is 1. The molecule has 6 nitrogen and oxygen atoms in total. The van der Waals surface area contributed by atoms with E-state index >= 15 is 0 Å². The smallest absolute Gasteiger partial charge is 0.307 e. The minimum atomic E-state index is -3.72. The highest BCUT2D eigenvalue weighted by atomic mass is 32.2. The molecule has 3 rings (SSSR count). The van der Waals surface area contributed by atoms with Crippen LogP contribution in [0.3, 0.4) is 0 Å². The van der Waals surface area contributed by atoms with Crippen LogP contribution in [0.4, 0.5) is 10.1 Å². The van der Waals surface area contributed by atoms with E-state index in [9.17, 15) is 17.6 Å². The molecule has 0 saturated carbocycles. The van der Waals surface area contributed by atoms with Crippen LogP contribution in [0.15, 0.2) is 47.4 Å². The molecule has 0 radical (unpaired) electrons. The maximum absolute atomic E-state index is 13.1. The highest BCUT2D eigenvalue weighted by Crippen LogP contribution is 2.32. The lowest BCUT2D eigenvalue weighted by Gasteiger charge is -2.32. The van der Waals surface area contributed by atoms with Crippen LogP contribution in [0.1, 0.15) is 29.9 Å². The van der Waals surface area contributed by atoms with E-state index < -0.39 is 21.8 Å². The molecule has 0 aromatic heterocycles. The number of nitrogens with two attached hydrogens (primary N) is 1. The van der Waals surface area contributed by atoms with Gasteiger partial charge in [0.1, 0.15) is 5.82 Å². The Morgan fingerprint density at radius 3 is 2.59 bits per heavy atom. The Bertz CT molecular complexity index is 945. The van der Waals surface area contributed by atoms with Crippen LogP contribution in [0, 0.1) is 5.82 Å². The average molecular weight is 392 g/mol. The molecule has 0 bridgehead atoms. The van der Waals surface area contributed by atoms with Gasteiger partial charge in [0.2, 0.25) is 10.0 Å². The second kappa shape index (κ2) is 7.66. The number of anilines is 1. The van der Waals surface area contributed by atoms with Gasteiger partial charge in [0.05, 0.1) is 11.3 Å². The fraction of sp³-hybridized carbons (Fsp3) is 0.316. The van der Waals surface area contributed by atoms with Crippen molar-refractivity contribution in [3.8, 4) is 0 Å². The van der Waals surface area contributed by atoms with Crippen molar-refractivity contribution in [2.45, 2.75) is 30.1 Å². The quantitative estimate of drug-likeness (QED) is 0.762. The zero-order valence-electron chi connectivity index (χ0n) is 14.6. The van der Waals surface area contributed by atoms with Crippen LogP contribution >= 0.6 is 0 Å². The van der Waals surface area contributed by atoms with Crippen LogP contribution < -0.4 is 5.73 Å². The predicted octanol–water partition coefficient (Wildman–Crippen LogP) is 2.60. The highest BCUT2D eigenvalue weighted by molar-refractivity contribution is 7.89. The van der Waals surface area contributed by atoms with Crippen LogP contribution in [0.25, 0.3) is 0 Å². The van der Waals surface area contributed by atoms with E-state index in [0.29, 0.717) is 24.2 Å². The monoisotopic (exact) mass is 392 g/mol. The zero-order chi connectivity index (χ0) is 19.6. The molecule has 27 heavy (non-hydrogen) atoms. The summed E-state index contributed by atoms with van der Waals surface area (Å²) in [5.74, 6) is -1.52. The first kappa shape index (κ1) is 19.3. The van der Waals surface area contributed by atoms with Crippen LogP contribution in [-0.2, 0) is 21.2 Å². The molecule has 0 amide bonds. The van der Waals surface area contributed by atoms with Gasteiger partial charge in [0.15, 0.2) is 0 Å². The minimum absolute atomic E-state index is 0.0590. The Hall–Kier alpha value is -2.45. The van der Waals surface area contributed by atoms with Gasteiger partial charge in [-0.1, -0.05) is 6.07 Å². The van der Waals surface area contributed by atoms with E-state index in [1.54, 1.807) is 18.2 Å². The van der Waals surface area contributed by atoms with Crippen molar-refractivity contribution in [3.05, 3.63) is 59.4 Å². The lowest BCUT2D eigenvalue weighted by Crippen LogP contribution is -2.39. The molecule has 1 saturated heterocycles. The average Bonchev–Trinajstić information content (AvgIpc) is 2.61. The molecule has 1 atom stereocenters. The Morgan fingerprint density at radius 2 is 1.93 bits per heavy atom. The molecule has 2 aromatic carbocycles. The summed E-state index contributed by atoms with van der Waals surface area (Å²) in [7, 11) is -3.72. The van der Waals surface area contributed by atoms with Gasteiger partial charge in [-0.25, -0.2) is 12.8 Å². The molecule has 1 unspecified atom stereocenters. The number of hydrogen-bond acceptors (Lipinski definition) is 4. The molecule has 144 valence electrons. The summed E-state index contributed by atoms with van der Waals surface area (Å²) < 4.78 is 40.2. The number of carboxylic acid groups (broad SMARTS) is 1.